The van der Waals surface area contributed by atoms with Gasteiger partial charge < -0.3 is 14.8 Å². The van der Waals surface area contributed by atoms with Crippen LogP contribution in [0.4, 0.5) is 0 Å². The molecule has 0 aromatic heterocycles. The van der Waals surface area contributed by atoms with Crippen LogP contribution in [0.3, 0.4) is 0 Å². The Balaban J connectivity index is 1.73. The molecular formula is C22H26BrNO3. The molecule has 4 nitrogen and oxygen atoms in total. The molecule has 0 unspecified atom stereocenters. The summed E-state index contributed by atoms with van der Waals surface area (Å²) in [6.45, 7) is 4.47. The Morgan fingerprint density at radius 3 is 2.63 bits per heavy atom. The molecule has 1 heterocycles. The summed E-state index contributed by atoms with van der Waals surface area (Å²) in [6, 6.07) is 16.0. The number of nitrogens with one attached hydrogen (secondary N) is 1. The van der Waals surface area contributed by atoms with Gasteiger partial charge in [0.1, 0.15) is 5.75 Å². The smallest absolute Gasteiger partial charge is 0.231 e. The molecule has 0 radical (unpaired) electrons. The highest BCUT2D eigenvalue weighted by atomic mass is 79.9. The Kier molecular flexibility index (Phi) is 6.91. The maximum absolute atomic E-state index is 13.2. The van der Waals surface area contributed by atoms with E-state index in [0.29, 0.717) is 39.2 Å². The van der Waals surface area contributed by atoms with E-state index in [-0.39, 0.29) is 5.91 Å². The average Bonchev–Trinajstić information content (AvgIpc) is 2.71. The fraction of sp³-hybridized carbons (Fsp3) is 0.409. The predicted molar refractivity (Wildman–Crippen MR) is 110 cm³/mol. The van der Waals surface area contributed by atoms with E-state index in [1.165, 1.54) is 0 Å². The Morgan fingerprint density at radius 2 is 1.93 bits per heavy atom. The summed E-state index contributed by atoms with van der Waals surface area (Å²) in [5.41, 5.74) is 1.55. The monoisotopic (exact) mass is 431 g/mol. The number of hydrogen-bond acceptors (Lipinski definition) is 3. The summed E-state index contributed by atoms with van der Waals surface area (Å²) in [4.78, 5) is 13.2. The zero-order valence-corrected chi connectivity index (χ0v) is 17.3. The lowest BCUT2D eigenvalue weighted by atomic mass is 9.73. The lowest BCUT2D eigenvalue weighted by molar-refractivity contribution is -0.130. The van der Waals surface area contributed by atoms with Gasteiger partial charge in [0.15, 0.2) is 0 Å². The van der Waals surface area contributed by atoms with Crippen LogP contribution in [0.1, 0.15) is 37.3 Å². The molecule has 1 N–H and O–H groups in total. The van der Waals surface area contributed by atoms with Gasteiger partial charge in [-0.1, -0.05) is 47.1 Å². The molecule has 1 saturated heterocycles. The number of benzene rings is 2. The summed E-state index contributed by atoms with van der Waals surface area (Å²) >= 11 is 3.47. The van der Waals surface area contributed by atoms with Gasteiger partial charge in [0, 0.05) is 24.2 Å². The summed E-state index contributed by atoms with van der Waals surface area (Å²) in [7, 11) is 0. The minimum atomic E-state index is -0.532. The van der Waals surface area contributed by atoms with E-state index in [4.69, 9.17) is 9.47 Å². The zero-order valence-electron chi connectivity index (χ0n) is 15.7. The van der Waals surface area contributed by atoms with Crippen LogP contribution in [0.5, 0.6) is 5.75 Å². The van der Waals surface area contributed by atoms with Gasteiger partial charge in [-0.3, -0.25) is 4.79 Å². The molecule has 2 aromatic rings. The lowest BCUT2D eigenvalue weighted by Crippen LogP contribution is -2.47. The maximum atomic E-state index is 13.2. The standard InChI is InChI=1S/C22H26BrNO3/c1-2-12-27-20-5-3-4-17(15-20)16-24-21(25)22(10-13-26-14-11-22)18-6-8-19(23)9-7-18/h3-9,15H,2,10-14,16H2,1H3,(H,24,25). The normalized spacial score (nSPS) is 15.9. The molecule has 0 spiro atoms. The molecule has 27 heavy (non-hydrogen) atoms. The molecule has 1 aliphatic heterocycles. The Hall–Kier alpha value is -1.85. The van der Waals surface area contributed by atoms with Crippen molar-refractivity contribution in [2.45, 2.75) is 38.1 Å². The number of carbonyl (C=O) groups is 1. The van der Waals surface area contributed by atoms with Gasteiger partial charge in [-0.05, 0) is 54.7 Å². The van der Waals surface area contributed by atoms with Crippen molar-refractivity contribution in [3.8, 4) is 5.75 Å². The first-order valence-corrected chi connectivity index (χ1v) is 10.3. The molecule has 0 atom stereocenters. The predicted octanol–water partition coefficient (Wildman–Crippen LogP) is 4.60. The van der Waals surface area contributed by atoms with Crippen LogP contribution < -0.4 is 10.1 Å². The molecule has 0 saturated carbocycles. The number of halogens is 1. The second-order valence-electron chi connectivity index (χ2n) is 6.88. The van der Waals surface area contributed by atoms with E-state index in [1.807, 2.05) is 48.5 Å². The molecule has 2 aromatic carbocycles. The van der Waals surface area contributed by atoms with Crippen LogP contribution in [0, 0.1) is 0 Å². The molecule has 3 rings (SSSR count). The number of carbonyl (C=O) groups excluding carboxylic acids is 1. The van der Waals surface area contributed by atoms with E-state index < -0.39 is 5.41 Å². The van der Waals surface area contributed by atoms with Crippen molar-refractivity contribution >= 4 is 21.8 Å². The maximum Gasteiger partial charge on any atom is 0.231 e. The van der Waals surface area contributed by atoms with Gasteiger partial charge in [-0.2, -0.15) is 0 Å². The van der Waals surface area contributed by atoms with Gasteiger partial charge in [0.2, 0.25) is 5.91 Å². The van der Waals surface area contributed by atoms with Crippen molar-refractivity contribution in [3.63, 3.8) is 0 Å². The Bertz CT molecular complexity index is 754. The molecule has 0 bridgehead atoms. The molecule has 1 amide bonds. The quantitative estimate of drug-likeness (QED) is 0.696. The SMILES string of the molecule is CCCOc1cccc(CNC(=O)C2(c3ccc(Br)cc3)CCOCC2)c1. The highest BCUT2D eigenvalue weighted by Gasteiger charge is 2.41. The molecule has 1 fully saturated rings. The second-order valence-corrected chi connectivity index (χ2v) is 7.80. The molecule has 5 heteroatoms. The van der Waals surface area contributed by atoms with Crippen molar-refractivity contribution in [1.29, 1.82) is 0 Å². The highest BCUT2D eigenvalue weighted by Crippen LogP contribution is 2.36. The fourth-order valence-corrected chi connectivity index (χ4v) is 3.72. The highest BCUT2D eigenvalue weighted by molar-refractivity contribution is 9.10. The first-order chi connectivity index (χ1) is 13.1. The molecular weight excluding hydrogens is 406 g/mol. The van der Waals surface area contributed by atoms with E-state index in [0.717, 1.165) is 27.8 Å². The fourth-order valence-electron chi connectivity index (χ4n) is 3.45. The number of rotatable bonds is 7. The van der Waals surface area contributed by atoms with Crippen molar-refractivity contribution < 1.29 is 14.3 Å². The zero-order chi connectivity index (χ0) is 19.1. The average molecular weight is 432 g/mol. The number of ether oxygens (including phenoxy) is 2. The van der Waals surface area contributed by atoms with Gasteiger partial charge >= 0.3 is 0 Å². The van der Waals surface area contributed by atoms with Crippen LogP contribution in [-0.4, -0.2) is 25.7 Å². The minimum absolute atomic E-state index is 0.0630. The van der Waals surface area contributed by atoms with Crippen molar-refractivity contribution in [2.24, 2.45) is 0 Å². The van der Waals surface area contributed by atoms with Gasteiger partial charge in [-0.25, -0.2) is 0 Å². The van der Waals surface area contributed by atoms with E-state index in [1.54, 1.807) is 0 Å². The molecule has 0 aliphatic carbocycles. The van der Waals surface area contributed by atoms with E-state index in [9.17, 15) is 4.79 Å². The lowest BCUT2D eigenvalue weighted by Gasteiger charge is -2.36. The van der Waals surface area contributed by atoms with Crippen LogP contribution in [0.25, 0.3) is 0 Å². The van der Waals surface area contributed by atoms with Gasteiger partial charge in [0.05, 0.1) is 12.0 Å². The second kappa shape index (κ2) is 9.38. The number of hydrogen-bond donors (Lipinski definition) is 1. The Labute approximate surface area is 169 Å². The first-order valence-electron chi connectivity index (χ1n) is 9.48. The third-order valence-corrected chi connectivity index (χ3v) is 5.53. The summed E-state index contributed by atoms with van der Waals surface area (Å²) < 4.78 is 12.2. The summed E-state index contributed by atoms with van der Waals surface area (Å²) in [5, 5.41) is 3.14. The van der Waals surface area contributed by atoms with Crippen LogP contribution in [0.2, 0.25) is 0 Å². The summed E-state index contributed by atoms with van der Waals surface area (Å²) in [5.74, 6) is 0.908. The van der Waals surface area contributed by atoms with Gasteiger partial charge in [0.25, 0.3) is 0 Å². The van der Waals surface area contributed by atoms with Crippen LogP contribution >= 0.6 is 15.9 Å². The van der Waals surface area contributed by atoms with Crippen LogP contribution in [0.15, 0.2) is 53.0 Å². The van der Waals surface area contributed by atoms with E-state index in [2.05, 4.69) is 28.2 Å². The topological polar surface area (TPSA) is 47.6 Å². The minimum Gasteiger partial charge on any atom is -0.494 e. The Morgan fingerprint density at radius 1 is 1.19 bits per heavy atom. The van der Waals surface area contributed by atoms with E-state index >= 15 is 0 Å². The molecule has 144 valence electrons. The third-order valence-electron chi connectivity index (χ3n) is 5.00. The summed E-state index contributed by atoms with van der Waals surface area (Å²) in [6.07, 6.45) is 2.36. The number of amides is 1. The van der Waals surface area contributed by atoms with Crippen molar-refractivity contribution in [1.82, 2.24) is 5.32 Å². The van der Waals surface area contributed by atoms with Crippen molar-refractivity contribution in [3.05, 3.63) is 64.1 Å². The first kappa shape index (κ1) is 19.9. The molecule has 1 aliphatic rings. The third kappa shape index (κ3) is 4.90. The van der Waals surface area contributed by atoms with Crippen LogP contribution in [-0.2, 0) is 21.5 Å². The van der Waals surface area contributed by atoms with Crippen molar-refractivity contribution in [2.75, 3.05) is 19.8 Å². The van der Waals surface area contributed by atoms with Gasteiger partial charge in [-0.15, -0.1) is 0 Å². The largest absolute Gasteiger partial charge is 0.494 e.